The number of ether oxygens (including phenoxy) is 1. The quantitative estimate of drug-likeness (QED) is 0.651. The molecule has 0 unspecified atom stereocenters. The maximum Gasteiger partial charge on any atom is 0.407 e. The molecule has 29 heavy (non-hydrogen) atoms. The van der Waals surface area contributed by atoms with E-state index in [1.54, 1.807) is 58.9 Å². The van der Waals surface area contributed by atoms with Gasteiger partial charge in [-0.15, -0.1) is 0 Å². The van der Waals surface area contributed by atoms with Crippen molar-refractivity contribution in [2.24, 2.45) is 0 Å². The summed E-state index contributed by atoms with van der Waals surface area (Å²) in [5.41, 5.74) is -0.682. The van der Waals surface area contributed by atoms with Crippen LogP contribution in [-0.2, 0) is 4.74 Å². The molecule has 0 aromatic carbocycles. The average Bonchev–Trinajstić information content (AvgIpc) is 3.23. The first-order chi connectivity index (χ1) is 13.5. The predicted molar refractivity (Wildman–Crippen MR) is 105 cm³/mol. The van der Waals surface area contributed by atoms with Gasteiger partial charge >= 0.3 is 6.09 Å². The number of nitrogens with one attached hydrogen (secondary N) is 3. The number of rotatable bonds is 7. The van der Waals surface area contributed by atoms with Crippen molar-refractivity contribution in [2.45, 2.75) is 46.3 Å². The van der Waals surface area contributed by atoms with Crippen LogP contribution in [0.1, 0.15) is 53.4 Å². The van der Waals surface area contributed by atoms with Gasteiger partial charge in [-0.2, -0.15) is 0 Å². The van der Waals surface area contributed by atoms with Crippen molar-refractivity contribution in [1.82, 2.24) is 16.0 Å². The fourth-order valence-corrected chi connectivity index (χ4v) is 2.37. The summed E-state index contributed by atoms with van der Waals surface area (Å²) in [5.74, 6) is 0.686. The van der Waals surface area contributed by atoms with Gasteiger partial charge in [0.15, 0.2) is 11.5 Å². The van der Waals surface area contributed by atoms with E-state index in [1.165, 1.54) is 0 Å². The molecule has 9 nitrogen and oxygen atoms in total. The number of hydrogen-bond donors (Lipinski definition) is 3. The second-order valence-corrected chi connectivity index (χ2v) is 7.58. The van der Waals surface area contributed by atoms with E-state index in [0.29, 0.717) is 11.5 Å². The lowest BCUT2D eigenvalue weighted by Crippen LogP contribution is -2.51. The number of furan rings is 2. The third-order valence-electron chi connectivity index (χ3n) is 3.67. The van der Waals surface area contributed by atoms with Gasteiger partial charge in [0.1, 0.15) is 17.1 Å². The minimum atomic E-state index is -0.682. The highest BCUT2D eigenvalue weighted by atomic mass is 16.6. The summed E-state index contributed by atoms with van der Waals surface area (Å²) in [6, 6.07) is 5.85. The number of carbonyl (C=O) groups excluding carboxylic acids is 3. The largest absolute Gasteiger partial charge is 0.456 e. The molecule has 0 spiro atoms. The van der Waals surface area contributed by atoms with Crippen molar-refractivity contribution in [2.75, 3.05) is 13.1 Å². The van der Waals surface area contributed by atoms with Gasteiger partial charge in [0.25, 0.3) is 11.8 Å². The smallest absolute Gasteiger partial charge is 0.407 e. The van der Waals surface area contributed by atoms with Gasteiger partial charge in [-0.25, -0.2) is 4.79 Å². The summed E-state index contributed by atoms with van der Waals surface area (Å²) in [5, 5.41) is 7.99. The fraction of sp³-hybridized carbons (Fsp3) is 0.450. The average molecular weight is 405 g/mol. The van der Waals surface area contributed by atoms with E-state index < -0.39 is 29.6 Å². The molecule has 2 aromatic heterocycles. The predicted octanol–water partition coefficient (Wildman–Crippen LogP) is 2.54. The van der Waals surface area contributed by atoms with Gasteiger partial charge in [0.05, 0.1) is 6.04 Å². The highest BCUT2D eigenvalue weighted by Crippen LogP contribution is 2.08. The first-order valence-electron chi connectivity index (χ1n) is 9.22. The number of amides is 3. The lowest BCUT2D eigenvalue weighted by Gasteiger charge is -2.24. The minimum absolute atomic E-state index is 0.0509. The molecule has 158 valence electrons. The van der Waals surface area contributed by atoms with E-state index in [-0.39, 0.29) is 24.6 Å². The normalized spacial score (nSPS) is 11.2. The molecule has 3 N–H and O–H groups in total. The second-order valence-electron chi connectivity index (χ2n) is 7.58. The van der Waals surface area contributed by atoms with Crippen molar-refractivity contribution < 1.29 is 28.0 Å². The molecule has 3 amide bonds. The van der Waals surface area contributed by atoms with Crippen LogP contribution in [0.2, 0.25) is 0 Å². The summed E-state index contributed by atoms with van der Waals surface area (Å²) in [6.07, 6.45) is -0.659. The van der Waals surface area contributed by atoms with Gasteiger partial charge < -0.3 is 29.5 Å². The van der Waals surface area contributed by atoms with Crippen LogP contribution >= 0.6 is 0 Å². The Balaban J connectivity index is 1.96. The highest BCUT2D eigenvalue weighted by Gasteiger charge is 2.22. The lowest BCUT2D eigenvalue weighted by molar-refractivity contribution is 0.0498. The SMILES string of the molecule is Cc1ccc(C(=O)NCC(CNC(=O)c2ccc(C)o2)NC(=O)OC(C)(C)C)o1. The molecule has 0 saturated carbocycles. The number of aryl methyl sites for hydroxylation is 2. The zero-order valence-corrected chi connectivity index (χ0v) is 17.3. The first kappa shape index (κ1) is 22.1. The Labute approximate surface area is 169 Å². The van der Waals surface area contributed by atoms with Crippen LogP contribution in [0.25, 0.3) is 0 Å². The molecule has 2 heterocycles. The molecule has 2 rings (SSSR count). The van der Waals surface area contributed by atoms with Crippen LogP contribution in [0.15, 0.2) is 33.1 Å². The summed E-state index contributed by atoms with van der Waals surface area (Å²) in [7, 11) is 0. The van der Waals surface area contributed by atoms with Crippen LogP contribution in [-0.4, -0.2) is 42.6 Å². The maximum atomic E-state index is 12.2. The maximum absolute atomic E-state index is 12.2. The molecule has 0 radical (unpaired) electrons. The molecule has 0 aliphatic carbocycles. The standard InChI is InChI=1S/C20H27N3O6/c1-12-6-8-15(27-12)17(24)21-10-14(23-19(26)29-20(3,4)5)11-22-18(25)16-9-7-13(2)28-16/h6-9,14H,10-11H2,1-5H3,(H,21,24)(H,22,25)(H,23,26). The van der Waals surface area contributed by atoms with E-state index in [2.05, 4.69) is 16.0 Å². The lowest BCUT2D eigenvalue weighted by atomic mass is 10.2. The molecule has 0 atom stereocenters. The van der Waals surface area contributed by atoms with Crippen molar-refractivity contribution in [3.63, 3.8) is 0 Å². The van der Waals surface area contributed by atoms with Crippen LogP contribution < -0.4 is 16.0 Å². The molecule has 0 bridgehead atoms. The Kier molecular flexibility index (Phi) is 7.08. The molecule has 0 saturated heterocycles. The Morgan fingerprint density at radius 2 is 1.34 bits per heavy atom. The Bertz CT molecular complexity index is 805. The third-order valence-corrected chi connectivity index (χ3v) is 3.67. The summed E-state index contributed by atoms with van der Waals surface area (Å²) >= 11 is 0. The molecular formula is C20H27N3O6. The Morgan fingerprint density at radius 3 is 1.69 bits per heavy atom. The van der Waals surface area contributed by atoms with Crippen molar-refractivity contribution in [3.05, 3.63) is 47.3 Å². The van der Waals surface area contributed by atoms with Gasteiger partial charge in [0, 0.05) is 13.1 Å². The highest BCUT2D eigenvalue weighted by molar-refractivity contribution is 5.92. The number of carbonyl (C=O) groups is 3. The molecule has 0 fully saturated rings. The summed E-state index contributed by atoms with van der Waals surface area (Å²) in [4.78, 5) is 36.5. The van der Waals surface area contributed by atoms with Crippen LogP contribution in [0.4, 0.5) is 4.79 Å². The van der Waals surface area contributed by atoms with Crippen molar-refractivity contribution >= 4 is 17.9 Å². The summed E-state index contributed by atoms with van der Waals surface area (Å²) < 4.78 is 15.8. The number of alkyl carbamates (subject to hydrolysis) is 1. The molecule has 0 aliphatic heterocycles. The van der Waals surface area contributed by atoms with Gasteiger partial charge in [-0.3, -0.25) is 9.59 Å². The van der Waals surface area contributed by atoms with Crippen LogP contribution in [0, 0.1) is 13.8 Å². The van der Waals surface area contributed by atoms with E-state index in [0.717, 1.165) is 0 Å². The Hall–Kier alpha value is -3.23. The van der Waals surface area contributed by atoms with Crippen molar-refractivity contribution in [1.29, 1.82) is 0 Å². The van der Waals surface area contributed by atoms with Crippen LogP contribution in [0.5, 0.6) is 0 Å². The first-order valence-corrected chi connectivity index (χ1v) is 9.22. The van der Waals surface area contributed by atoms with Gasteiger partial charge in [0.2, 0.25) is 0 Å². The zero-order valence-electron chi connectivity index (χ0n) is 17.3. The molecule has 2 aromatic rings. The second kappa shape index (κ2) is 9.31. The van der Waals surface area contributed by atoms with E-state index >= 15 is 0 Å². The Morgan fingerprint density at radius 1 is 0.897 bits per heavy atom. The topological polar surface area (TPSA) is 123 Å². The van der Waals surface area contributed by atoms with E-state index in [1.807, 2.05) is 0 Å². The third kappa shape index (κ3) is 7.36. The molecular weight excluding hydrogens is 378 g/mol. The fourth-order valence-electron chi connectivity index (χ4n) is 2.37. The zero-order chi connectivity index (χ0) is 21.6. The van der Waals surface area contributed by atoms with Crippen LogP contribution in [0.3, 0.4) is 0 Å². The van der Waals surface area contributed by atoms with E-state index in [4.69, 9.17) is 13.6 Å². The monoisotopic (exact) mass is 405 g/mol. The summed E-state index contributed by atoms with van der Waals surface area (Å²) in [6.45, 7) is 8.78. The van der Waals surface area contributed by atoms with Gasteiger partial charge in [-0.1, -0.05) is 0 Å². The van der Waals surface area contributed by atoms with Gasteiger partial charge in [-0.05, 0) is 58.9 Å². The minimum Gasteiger partial charge on any atom is -0.456 e. The molecule has 0 aliphatic rings. The van der Waals surface area contributed by atoms with E-state index in [9.17, 15) is 14.4 Å². The number of hydrogen-bond acceptors (Lipinski definition) is 6. The molecule has 9 heteroatoms. The van der Waals surface area contributed by atoms with Crippen molar-refractivity contribution in [3.8, 4) is 0 Å².